The average Bonchev–Trinajstić information content (AvgIpc) is 2.60. The number of esters is 1. The second-order valence-electron chi connectivity index (χ2n) is 4.95. The van der Waals surface area contributed by atoms with Crippen LogP contribution in [-0.4, -0.2) is 31.5 Å². The third-order valence-corrected chi connectivity index (χ3v) is 4.27. The van der Waals surface area contributed by atoms with Crippen molar-refractivity contribution in [1.29, 1.82) is 0 Å². The lowest BCUT2D eigenvalue weighted by Gasteiger charge is -2.13. The van der Waals surface area contributed by atoms with E-state index >= 15 is 0 Å². The Bertz CT molecular complexity index is 694. The van der Waals surface area contributed by atoms with Crippen molar-refractivity contribution < 1.29 is 19.0 Å². The second-order valence-corrected chi connectivity index (χ2v) is 6.56. The smallest absolute Gasteiger partial charge is 0.344 e. The van der Waals surface area contributed by atoms with Gasteiger partial charge in [0.05, 0.1) is 13.2 Å². The number of hydrogen-bond acceptors (Lipinski definition) is 6. The molecule has 0 spiro atoms. The summed E-state index contributed by atoms with van der Waals surface area (Å²) in [5.41, 5.74) is 6.30. The van der Waals surface area contributed by atoms with Gasteiger partial charge in [-0.3, -0.25) is 0 Å². The number of rotatable bonds is 9. The quantitative estimate of drug-likeness (QED) is 0.306. The third kappa shape index (κ3) is 6.76. The summed E-state index contributed by atoms with van der Waals surface area (Å²) in [6.07, 6.45) is 0. The minimum Gasteiger partial charge on any atom is -0.489 e. The highest BCUT2D eigenvalue weighted by Gasteiger charge is 2.09. The van der Waals surface area contributed by atoms with Gasteiger partial charge in [0.15, 0.2) is 18.1 Å². The molecule has 25 heavy (non-hydrogen) atoms. The maximum absolute atomic E-state index is 11.4. The Labute approximate surface area is 156 Å². The van der Waals surface area contributed by atoms with Crippen LogP contribution in [0.2, 0.25) is 5.02 Å². The van der Waals surface area contributed by atoms with Crippen LogP contribution in [0.1, 0.15) is 6.92 Å². The van der Waals surface area contributed by atoms with Gasteiger partial charge in [0.2, 0.25) is 0 Å². The molecule has 2 N–H and O–H groups in total. The number of ether oxygens (including phenoxy) is 3. The minimum absolute atomic E-state index is 0.187. The molecule has 0 heterocycles. The summed E-state index contributed by atoms with van der Waals surface area (Å²) in [7, 11) is 0. The van der Waals surface area contributed by atoms with E-state index in [0.717, 1.165) is 10.6 Å². The van der Waals surface area contributed by atoms with Gasteiger partial charge in [0, 0.05) is 27.4 Å². The predicted octanol–water partition coefficient (Wildman–Crippen LogP) is 4.04. The van der Waals surface area contributed by atoms with Crippen LogP contribution in [0.3, 0.4) is 0 Å². The van der Waals surface area contributed by atoms with Crippen LogP contribution in [-0.2, 0) is 9.53 Å². The molecule has 0 bridgehead atoms. The number of nitrogens with two attached hydrogens (primary N) is 1. The number of carbonyl (C=O) groups excluding carboxylic acids is 1. The van der Waals surface area contributed by atoms with Crippen molar-refractivity contribution in [3.8, 4) is 11.5 Å². The van der Waals surface area contributed by atoms with Crippen LogP contribution < -0.4 is 15.2 Å². The first-order valence-electron chi connectivity index (χ1n) is 7.77. The number of hydrogen-bond donors (Lipinski definition) is 1. The van der Waals surface area contributed by atoms with Crippen LogP contribution in [0, 0.1) is 0 Å². The molecular weight excluding hydrogens is 362 g/mol. The molecule has 0 saturated heterocycles. The first kappa shape index (κ1) is 19.3. The van der Waals surface area contributed by atoms with Crippen LogP contribution in [0.4, 0.5) is 5.69 Å². The van der Waals surface area contributed by atoms with E-state index in [-0.39, 0.29) is 6.61 Å². The zero-order valence-electron chi connectivity index (χ0n) is 13.9. The lowest BCUT2D eigenvalue weighted by Crippen LogP contribution is -2.15. The highest BCUT2D eigenvalue weighted by Crippen LogP contribution is 2.30. The van der Waals surface area contributed by atoms with Gasteiger partial charge >= 0.3 is 5.97 Å². The van der Waals surface area contributed by atoms with E-state index in [0.29, 0.717) is 35.4 Å². The van der Waals surface area contributed by atoms with Crippen molar-refractivity contribution >= 4 is 35.0 Å². The van der Waals surface area contributed by atoms with Crippen molar-refractivity contribution in [2.75, 3.05) is 31.3 Å². The zero-order chi connectivity index (χ0) is 18.1. The highest BCUT2D eigenvalue weighted by atomic mass is 35.5. The maximum atomic E-state index is 11.4. The summed E-state index contributed by atoms with van der Waals surface area (Å²) >= 11 is 7.52. The van der Waals surface area contributed by atoms with Gasteiger partial charge in [-0.2, -0.15) is 0 Å². The molecule has 0 saturated carbocycles. The van der Waals surface area contributed by atoms with Crippen LogP contribution in [0.15, 0.2) is 47.4 Å². The molecule has 134 valence electrons. The molecule has 2 aromatic carbocycles. The number of halogens is 1. The summed E-state index contributed by atoms with van der Waals surface area (Å²) in [5.74, 6) is 1.28. The Hall–Kier alpha value is -2.05. The fourth-order valence-corrected chi connectivity index (χ4v) is 2.79. The van der Waals surface area contributed by atoms with Gasteiger partial charge in [-0.1, -0.05) is 11.6 Å². The molecular formula is C18H20ClNO4S. The Balaban J connectivity index is 1.85. The summed E-state index contributed by atoms with van der Waals surface area (Å²) in [6, 6.07) is 12.7. The molecule has 0 amide bonds. The molecule has 7 heteroatoms. The molecule has 0 aliphatic heterocycles. The van der Waals surface area contributed by atoms with E-state index in [1.165, 1.54) is 0 Å². The lowest BCUT2D eigenvalue weighted by molar-refractivity contribution is -0.145. The number of benzene rings is 2. The largest absolute Gasteiger partial charge is 0.489 e. The Morgan fingerprint density at radius 2 is 1.88 bits per heavy atom. The Morgan fingerprint density at radius 1 is 1.12 bits per heavy atom. The third-order valence-electron chi connectivity index (χ3n) is 3.04. The number of thioether (sulfide) groups is 1. The molecule has 2 rings (SSSR count). The summed E-state index contributed by atoms with van der Waals surface area (Å²) in [6.45, 7) is 2.34. The average molecular weight is 382 g/mol. The maximum Gasteiger partial charge on any atom is 0.344 e. The summed E-state index contributed by atoms with van der Waals surface area (Å²) < 4.78 is 16.1. The normalized spacial score (nSPS) is 10.3. The monoisotopic (exact) mass is 381 g/mol. The van der Waals surface area contributed by atoms with E-state index in [2.05, 4.69) is 0 Å². The SMILES string of the molecule is CCOC(=O)COc1cc(N)ccc1OCCSc1ccc(Cl)cc1. The van der Waals surface area contributed by atoms with Crippen LogP contribution in [0.25, 0.3) is 0 Å². The van der Waals surface area contributed by atoms with Crippen molar-refractivity contribution in [2.45, 2.75) is 11.8 Å². The van der Waals surface area contributed by atoms with Gasteiger partial charge in [0.1, 0.15) is 0 Å². The van der Waals surface area contributed by atoms with Crippen molar-refractivity contribution in [1.82, 2.24) is 0 Å². The standard InChI is InChI=1S/C18H20ClNO4S/c1-2-22-18(21)12-24-17-11-14(20)5-8-16(17)23-9-10-25-15-6-3-13(19)4-7-15/h3-8,11H,2,9-10,12,20H2,1H3. The first-order chi connectivity index (χ1) is 12.1. The van der Waals surface area contributed by atoms with E-state index in [9.17, 15) is 4.79 Å². The number of carbonyl (C=O) groups is 1. The van der Waals surface area contributed by atoms with Gasteiger partial charge in [-0.15, -0.1) is 11.8 Å². The number of anilines is 1. The lowest BCUT2D eigenvalue weighted by atomic mass is 10.3. The van der Waals surface area contributed by atoms with Crippen LogP contribution >= 0.6 is 23.4 Å². The van der Waals surface area contributed by atoms with Gasteiger partial charge in [0.25, 0.3) is 0 Å². The van der Waals surface area contributed by atoms with Crippen molar-refractivity contribution in [3.63, 3.8) is 0 Å². The summed E-state index contributed by atoms with van der Waals surface area (Å²) in [5, 5.41) is 0.714. The van der Waals surface area contributed by atoms with E-state index in [1.54, 1.807) is 36.9 Å². The molecule has 5 nitrogen and oxygen atoms in total. The Kier molecular flexibility index (Phi) is 7.76. The van der Waals surface area contributed by atoms with E-state index in [4.69, 9.17) is 31.5 Å². The topological polar surface area (TPSA) is 70.8 Å². The second kappa shape index (κ2) is 10.1. The molecule has 2 aromatic rings. The van der Waals surface area contributed by atoms with Crippen molar-refractivity contribution in [2.24, 2.45) is 0 Å². The molecule has 0 unspecified atom stereocenters. The van der Waals surface area contributed by atoms with Gasteiger partial charge in [-0.25, -0.2) is 4.79 Å². The molecule has 0 aliphatic rings. The van der Waals surface area contributed by atoms with Gasteiger partial charge in [-0.05, 0) is 43.3 Å². The minimum atomic E-state index is -0.436. The summed E-state index contributed by atoms with van der Waals surface area (Å²) in [4.78, 5) is 12.5. The Morgan fingerprint density at radius 3 is 2.60 bits per heavy atom. The fraction of sp³-hybridized carbons (Fsp3) is 0.278. The van der Waals surface area contributed by atoms with Crippen molar-refractivity contribution in [3.05, 3.63) is 47.5 Å². The number of nitrogen functional groups attached to an aromatic ring is 1. The fourth-order valence-electron chi connectivity index (χ4n) is 1.94. The molecule has 0 radical (unpaired) electrons. The molecule has 0 aromatic heterocycles. The van der Waals surface area contributed by atoms with E-state index < -0.39 is 5.97 Å². The first-order valence-corrected chi connectivity index (χ1v) is 9.14. The zero-order valence-corrected chi connectivity index (χ0v) is 15.4. The van der Waals surface area contributed by atoms with Crippen LogP contribution in [0.5, 0.6) is 11.5 Å². The van der Waals surface area contributed by atoms with E-state index in [1.807, 2.05) is 24.3 Å². The highest BCUT2D eigenvalue weighted by molar-refractivity contribution is 7.99. The predicted molar refractivity (Wildman–Crippen MR) is 101 cm³/mol. The van der Waals surface area contributed by atoms with Gasteiger partial charge < -0.3 is 19.9 Å². The molecule has 0 aliphatic carbocycles. The molecule has 0 fully saturated rings. The molecule has 0 atom stereocenters.